The molecule has 0 saturated heterocycles. The molecule has 34 heavy (non-hydrogen) atoms. The molecule has 1 atom stereocenters. The van der Waals surface area contributed by atoms with Crippen LogP contribution < -0.4 is 10.1 Å². The average Bonchev–Trinajstić information content (AvgIpc) is 3.40. The first kappa shape index (κ1) is 23.5. The molecule has 0 radical (unpaired) electrons. The van der Waals surface area contributed by atoms with Crippen molar-refractivity contribution in [2.45, 2.75) is 23.6 Å². The second kappa shape index (κ2) is 11.0. The lowest BCUT2D eigenvalue weighted by molar-refractivity contribution is -0.115. The van der Waals surface area contributed by atoms with Gasteiger partial charge in [-0.05, 0) is 30.2 Å². The van der Waals surface area contributed by atoms with E-state index in [2.05, 4.69) is 16.4 Å². The Morgan fingerprint density at radius 3 is 2.56 bits per heavy atom. The van der Waals surface area contributed by atoms with Crippen molar-refractivity contribution in [3.05, 3.63) is 77.8 Å². The number of thioether (sulfide) groups is 1. The third-order valence-corrected chi connectivity index (χ3v) is 7.19. The number of pyridine rings is 1. The number of nitriles is 1. The molecular formula is C26H22N4O2S2. The second-order valence-electron chi connectivity index (χ2n) is 7.28. The highest BCUT2D eigenvalue weighted by atomic mass is 32.2. The number of benzene rings is 2. The standard InChI is InChI=1S/C26H22N4O2S2/c1-3-23(24(31)30-26-28-13-14-33-26)34-25-21(16-27)20(17-9-11-19(32-2)12-10-17)15-22(29-25)18-7-5-4-6-8-18/h4-15,23H,3H2,1-2H3,(H,28,30,31). The van der Waals surface area contributed by atoms with Gasteiger partial charge < -0.3 is 10.1 Å². The monoisotopic (exact) mass is 486 g/mol. The van der Waals surface area contributed by atoms with Gasteiger partial charge in [-0.1, -0.05) is 61.2 Å². The van der Waals surface area contributed by atoms with E-state index in [1.807, 2.05) is 73.0 Å². The number of amides is 1. The number of methoxy groups -OCH3 is 1. The number of hydrogen-bond acceptors (Lipinski definition) is 7. The summed E-state index contributed by atoms with van der Waals surface area (Å²) in [6.07, 6.45) is 2.22. The van der Waals surface area contributed by atoms with E-state index in [1.165, 1.54) is 23.1 Å². The molecule has 1 N–H and O–H groups in total. The van der Waals surface area contributed by atoms with E-state index in [1.54, 1.807) is 13.3 Å². The quantitative estimate of drug-likeness (QED) is 0.296. The summed E-state index contributed by atoms with van der Waals surface area (Å²) in [6.45, 7) is 1.94. The van der Waals surface area contributed by atoms with E-state index in [4.69, 9.17) is 9.72 Å². The van der Waals surface area contributed by atoms with Gasteiger partial charge in [0.1, 0.15) is 16.8 Å². The number of anilines is 1. The maximum absolute atomic E-state index is 12.9. The van der Waals surface area contributed by atoms with Crippen LogP contribution >= 0.6 is 23.1 Å². The van der Waals surface area contributed by atoms with Gasteiger partial charge in [-0.15, -0.1) is 11.3 Å². The Kier molecular flexibility index (Phi) is 7.58. The minimum atomic E-state index is -0.432. The number of thiazole rings is 1. The van der Waals surface area contributed by atoms with Gasteiger partial charge in [0.05, 0.1) is 23.6 Å². The van der Waals surface area contributed by atoms with Crippen molar-refractivity contribution >= 4 is 34.1 Å². The first-order valence-electron chi connectivity index (χ1n) is 10.6. The van der Waals surface area contributed by atoms with E-state index >= 15 is 0 Å². The molecule has 6 nitrogen and oxygen atoms in total. The van der Waals surface area contributed by atoms with Crippen molar-refractivity contribution in [2.24, 2.45) is 0 Å². The molecule has 1 amide bonds. The Morgan fingerprint density at radius 2 is 1.94 bits per heavy atom. The average molecular weight is 487 g/mol. The fourth-order valence-electron chi connectivity index (χ4n) is 3.40. The Morgan fingerprint density at radius 1 is 1.18 bits per heavy atom. The molecule has 8 heteroatoms. The maximum atomic E-state index is 12.9. The first-order chi connectivity index (χ1) is 16.6. The number of rotatable bonds is 8. The van der Waals surface area contributed by atoms with Gasteiger partial charge in [0.15, 0.2) is 5.13 Å². The Hall–Kier alpha value is -3.67. The first-order valence-corrected chi connectivity index (χ1v) is 12.4. The molecule has 1 unspecified atom stereocenters. The fraction of sp³-hybridized carbons (Fsp3) is 0.154. The number of carbonyl (C=O) groups is 1. The van der Waals surface area contributed by atoms with Crippen molar-refractivity contribution in [3.8, 4) is 34.2 Å². The van der Waals surface area contributed by atoms with Crippen LogP contribution in [0.25, 0.3) is 22.4 Å². The number of carbonyl (C=O) groups excluding carboxylic acids is 1. The normalized spacial score (nSPS) is 11.4. The molecule has 0 aliphatic carbocycles. The molecule has 0 saturated carbocycles. The van der Waals surface area contributed by atoms with Gasteiger partial charge in [0, 0.05) is 22.7 Å². The van der Waals surface area contributed by atoms with Crippen LogP contribution in [0.5, 0.6) is 5.75 Å². The molecule has 0 aliphatic heterocycles. The lowest BCUT2D eigenvalue weighted by atomic mass is 9.99. The van der Waals surface area contributed by atoms with Crippen LogP contribution in [-0.2, 0) is 4.79 Å². The van der Waals surface area contributed by atoms with Gasteiger partial charge in [0.25, 0.3) is 0 Å². The minimum absolute atomic E-state index is 0.163. The van der Waals surface area contributed by atoms with E-state index in [9.17, 15) is 10.1 Å². The van der Waals surface area contributed by atoms with E-state index in [0.717, 1.165) is 28.1 Å². The summed E-state index contributed by atoms with van der Waals surface area (Å²) in [5, 5.41) is 15.4. The largest absolute Gasteiger partial charge is 0.497 e. The van der Waals surface area contributed by atoms with Crippen molar-refractivity contribution < 1.29 is 9.53 Å². The molecule has 2 aromatic heterocycles. The van der Waals surface area contributed by atoms with Crippen LogP contribution in [0.1, 0.15) is 18.9 Å². The minimum Gasteiger partial charge on any atom is -0.497 e. The molecule has 2 aromatic carbocycles. The Labute approximate surface area is 206 Å². The molecule has 4 rings (SSSR count). The van der Waals surface area contributed by atoms with Gasteiger partial charge in [0.2, 0.25) is 5.91 Å². The summed E-state index contributed by atoms with van der Waals surface area (Å²) < 4.78 is 5.28. The Bertz CT molecular complexity index is 1300. The van der Waals surface area contributed by atoms with Crippen LogP contribution in [0, 0.1) is 11.3 Å². The summed E-state index contributed by atoms with van der Waals surface area (Å²) >= 11 is 2.67. The van der Waals surface area contributed by atoms with Gasteiger partial charge in [-0.3, -0.25) is 4.79 Å². The SMILES string of the molecule is CCC(Sc1nc(-c2ccccc2)cc(-c2ccc(OC)cc2)c1C#N)C(=O)Nc1nccs1. The second-order valence-corrected chi connectivity index (χ2v) is 9.37. The highest BCUT2D eigenvalue weighted by molar-refractivity contribution is 8.00. The van der Waals surface area contributed by atoms with Crippen molar-refractivity contribution in [1.82, 2.24) is 9.97 Å². The zero-order chi connectivity index (χ0) is 23.9. The number of nitrogens with zero attached hydrogens (tertiary/aromatic N) is 3. The van der Waals surface area contributed by atoms with E-state index in [0.29, 0.717) is 22.1 Å². The molecule has 4 aromatic rings. The smallest absolute Gasteiger partial charge is 0.239 e. The van der Waals surface area contributed by atoms with Gasteiger partial charge in [-0.25, -0.2) is 9.97 Å². The van der Waals surface area contributed by atoms with Crippen molar-refractivity contribution in [3.63, 3.8) is 0 Å². The highest BCUT2D eigenvalue weighted by Gasteiger charge is 2.24. The van der Waals surface area contributed by atoms with Crippen LogP contribution in [0.15, 0.2) is 77.3 Å². The topological polar surface area (TPSA) is 87.9 Å². The number of aromatic nitrogens is 2. The summed E-state index contributed by atoms with van der Waals surface area (Å²) in [7, 11) is 1.62. The van der Waals surface area contributed by atoms with Gasteiger partial charge >= 0.3 is 0 Å². The zero-order valence-electron chi connectivity index (χ0n) is 18.7. The third kappa shape index (κ3) is 5.28. The molecule has 2 heterocycles. The van der Waals surface area contributed by atoms with Crippen LogP contribution in [0.4, 0.5) is 5.13 Å². The molecule has 0 bridgehead atoms. The van der Waals surface area contributed by atoms with Crippen molar-refractivity contribution in [1.29, 1.82) is 5.26 Å². The number of hydrogen-bond donors (Lipinski definition) is 1. The predicted molar refractivity (Wildman–Crippen MR) is 137 cm³/mol. The highest BCUT2D eigenvalue weighted by Crippen LogP contribution is 2.37. The summed E-state index contributed by atoms with van der Waals surface area (Å²) in [5.41, 5.74) is 3.75. The number of ether oxygens (including phenoxy) is 1. The Balaban J connectivity index is 1.78. The molecule has 0 spiro atoms. The summed E-state index contributed by atoms with van der Waals surface area (Å²) in [4.78, 5) is 21.9. The fourth-order valence-corrected chi connectivity index (χ4v) is 4.96. The van der Waals surface area contributed by atoms with Crippen LogP contribution in [-0.4, -0.2) is 28.2 Å². The zero-order valence-corrected chi connectivity index (χ0v) is 20.3. The van der Waals surface area contributed by atoms with Crippen LogP contribution in [0.3, 0.4) is 0 Å². The van der Waals surface area contributed by atoms with Crippen molar-refractivity contribution in [2.75, 3.05) is 12.4 Å². The molecule has 0 aliphatic rings. The third-order valence-electron chi connectivity index (χ3n) is 5.15. The predicted octanol–water partition coefficient (Wildman–Crippen LogP) is 6.26. The van der Waals surface area contributed by atoms with Crippen LogP contribution in [0.2, 0.25) is 0 Å². The van der Waals surface area contributed by atoms with E-state index < -0.39 is 5.25 Å². The van der Waals surface area contributed by atoms with Gasteiger partial charge in [-0.2, -0.15) is 5.26 Å². The number of nitrogens with one attached hydrogen (secondary N) is 1. The lowest BCUT2D eigenvalue weighted by Crippen LogP contribution is -2.24. The summed E-state index contributed by atoms with van der Waals surface area (Å²) in [5.74, 6) is 0.573. The molecule has 0 fully saturated rings. The van der Waals surface area contributed by atoms with E-state index in [-0.39, 0.29) is 5.91 Å². The maximum Gasteiger partial charge on any atom is 0.239 e. The molecule has 170 valence electrons. The summed E-state index contributed by atoms with van der Waals surface area (Å²) in [6, 6.07) is 21.6. The lowest BCUT2D eigenvalue weighted by Gasteiger charge is -2.17. The molecular weight excluding hydrogens is 464 g/mol.